The topological polar surface area (TPSA) is 71.3 Å². The zero-order chi connectivity index (χ0) is 20.7. The lowest BCUT2D eigenvalue weighted by atomic mass is 9.82. The number of nitrogens with zero attached hydrogens (tertiary/aromatic N) is 5. The highest BCUT2D eigenvalue weighted by atomic mass is 16.2. The van der Waals surface area contributed by atoms with Gasteiger partial charge in [0, 0.05) is 63.5 Å². The summed E-state index contributed by atoms with van der Waals surface area (Å²) >= 11 is 0. The van der Waals surface area contributed by atoms with E-state index >= 15 is 0 Å². The summed E-state index contributed by atoms with van der Waals surface area (Å²) < 4.78 is 1.94. The summed E-state index contributed by atoms with van der Waals surface area (Å²) in [4.78, 5) is 37.8. The van der Waals surface area contributed by atoms with Gasteiger partial charge in [0.25, 0.3) is 11.5 Å². The summed E-state index contributed by atoms with van der Waals surface area (Å²) in [6.07, 6.45) is 4.21. The molecule has 0 unspecified atom stereocenters. The molecule has 2 aromatic rings. The van der Waals surface area contributed by atoms with E-state index in [2.05, 4.69) is 34.8 Å². The van der Waals surface area contributed by atoms with Crippen LogP contribution in [0.15, 0.2) is 29.3 Å². The summed E-state index contributed by atoms with van der Waals surface area (Å²) in [7, 11) is 3.37. The Morgan fingerprint density at radius 1 is 1.21 bits per heavy atom. The van der Waals surface area contributed by atoms with Crippen molar-refractivity contribution in [3.63, 3.8) is 0 Å². The van der Waals surface area contributed by atoms with Crippen LogP contribution in [0.3, 0.4) is 0 Å². The normalized spacial score (nSPS) is 21.1. The summed E-state index contributed by atoms with van der Waals surface area (Å²) in [5, 5.41) is 0. The number of pyridine rings is 1. The fraction of sp³-hybridized carbons (Fsp3) is 0.545. The molecule has 7 nitrogen and oxygen atoms in total. The van der Waals surface area contributed by atoms with Crippen LogP contribution in [-0.2, 0) is 6.54 Å². The van der Waals surface area contributed by atoms with E-state index in [4.69, 9.17) is 0 Å². The van der Waals surface area contributed by atoms with Crippen molar-refractivity contribution in [3.8, 4) is 11.3 Å². The Hall–Kier alpha value is -2.54. The summed E-state index contributed by atoms with van der Waals surface area (Å²) in [5.41, 5.74) is 2.68. The maximum Gasteiger partial charge on any atom is 0.273 e. The molecule has 4 rings (SSSR count). The minimum Gasteiger partial charge on any atom is -0.343 e. The number of piperidine rings is 1. The number of likely N-dealkylation sites (tertiary alicyclic amines) is 1. The van der Waals surface area contributed by atoms with Crippen molar-refractivity contribution in [2.75, 3.05) is 33.7 Å². The molecular weight excluding hydrogens is 366 g/mol. The van der Waals surface area contributed by atoms with Crippen LogP contribution in [0.2, 0.25) is 0 Å². The molecule has 1 amide bonds. The molecule has 0 aromatic carbocycles. The minimum atomic E-state index is -0.200. The average molecular weight is 396 g/mol. The zero-order valence-electron chi connectivity index (χ0n) is 17.6. The van der Waals surface area contributed by atoms with Crippen LogP contribution in [0.25, 0.3) is 11.3 Å². The standard InChI is InChI=1S/C22H29N5O2/c1-14(2)10-26-11-15-5-17(13-26)20-6-16(7-21(28)27(20)12-15)18-8-23-9-19(24-18)22(29)25(3)4/h6-9,14-15,17H,5,10-13H2,1-4H3/t15-,17+/m0/s1. The number of amides is 1. The first kappa shape index (κ1) is 19.8. The van der Waals surface area contributed by atoms with Gasteiger partial charge < -0.3 is 14.4 Å². The molecule has 0 radical (unpaired) electrons. The third-order valence-corrected chi connectivity index (χ3v) is 5.81. The lowest BCUT2D eigenvalue weighted by molar-refractivity contribution is 0.0821. The maximum atomic E-state index is 12.9. The smallest absolute Gasteiger partial charge is 0.273 e. The number of fused-ring (bicyclic) bond motifs is 4. The quantitative estimate of drug-likeness (QED) is 0.793. The Kier molecular flexibility index (Phi) is 5.25. The Morgan fingerprint density at radius 3 is 2.72 bits per heavy atom. The van der Waals surface area contributed by atoms with Gasteiger partial charge in [0.2, 0.25) is 0 Å². The molecule has 2 atom stereocenters. The maximum absolute atomic E-state index is 12.9. The molecule has 0 saturated carbocycles. The highest BCUT2D eigenvalue weighted by Crippen LogP contribution is 2.36. The fourth-order valence-electron chi connectivity index (χ4n) is 4.71. The minimum absolute atomic E-state index is 0.00986. The van der Waals surface area contributed by atoms with Gasteiger partial charge in [-0.2, -0.15) is 0 Å². The fourth-order valence-corrected chi connectivity index (χ4v) is 4.71. The van der Waals surface area contributed by atoms with Crippen LogP contribution in [0.5, 0.6) is 0 Å². The van der Waals surface area contributed by atoms with Gasteiger partial charge in [0.05, 0.1) is 18.1 Å². The van der Waals surface area contributed by atoms with Crippen molar-refractivity contribution in [2.24, 2.45) is 11.8 Å². The number of carbonyl (C=O) groups is 1. The van der Waals surface area contributed by atoms with Gasteiger partial charge in [0.15, 0.2) is 0 Å². The molecule has 0 spiro atoms. The molecular formula is C22H29N5O2. The van der Waals surface area contributed by atoms with Crippen molar-refractivity contribution >= 4 is 5.91 Å². The number of carbonyl (C=O) groups excluding carboxylic acids is 1. The second-order valence-corrected chi connectivity index (χ2v) is 9.02. The molecule has 0 N–H and O–H groups in total. The predicted octanol–water partition coefficient (Wildman–Crippen LogP) is 2.08. The van der Waals surface area contributed by atoms with E-state index in [1.165, 1.54) is 11.1 Å². The van der Waals surface area contributed by atoms with Crippen LogP contribution in [-0.4, -0.2) is 64.0 Å². The van der Waals surface area contributed by atoms with E-state index in [1.54, 1.807) is 26.4 Å². The van der Waals surface area contributed by atoms with Crippen molar-refractivity contribution in [3.05, 3.63) is 46.3 Å². The van der Waals surface area contributed by atoms with Crippen molar-refractivity contribution in [1.82, 2.24) is 24.3 Å². The van der Waals surface area contributed by atoms with E-state index < -0.39 is 0 Å². The van der Waals surface area contributed by atoms with E-state index in [-0.39, 0.29) is 17.2 Å². The lowest BCUT2D eigenvalue weighted by Crippen LogP contribution is -2.48. The highest BCUT2D eigenvalue weighted by molar-refractivity contribution is 5.92. The Balaban J connectivity index is 1.70. The molecule has 154 valence electrons. The van der Waals surface area contributed by atoms with E-state index in [1.807, 2.05) is 4.57 Å². The van der Waals surface area contributed by atoms with Crippen molar-refractivity contribution in [2.45, 2.75) is 32.7 Å². The van der Waals surface area contributed by atoms with Crippen LogP contribution in [0.1, 0.15) is 42.4 Å². The molecule has 1 fully saturated rings. The van der Waals surface area contributed by atoms with Crippen LogP contribution in [0, 0.1) is 11.8 Å². The van der Waals surface area contributed by atoms with Crippen LogP contribution < -0.4 is 5.56 Å². The molecule has 0 aliphatic carbocycles. The largest absolute Gasteiger partial charge is 0.343 e. The van der Waals surface area contributed by atoms with Gasteiger partial charge in [0.1, 0.15) is 5.69 Å². The molecule has 2 aromatic heterocycles. The molecule has 29 heavy (non-hydrogen) atoms. The first-order valence-electron chi connectivity index (χ1n) is 10.3. The first-order chi connectivity index (χ1) is 13.8. The van der Waals surface area contributed by atoms with Gasteiger partial charge >= 0.3 is 0 Å². The molecule has 2 bridgehead atoms. The SMILES string of the molecule is CC(C)CN1C[C@@H]2C[C@H](C1)c1cc(-c3cncc(C(=O)N(C)C)n3)cc(=O)n1C2. The molecule has 1 saturated heterocycles. The molecule has 2 aliphatic rings. The Labute approximate surface area is 171 Å². The molecule has 2 aliphatic heterocycles. The summed E-state index contributed by atoms with van der Waals surface area (Å²) in [5.74, 6) is 1.32. The summed E-state index contributed by atoms with van der Waals surface area (Å²) in [6, 6.07) is 3.71. The van der Waals surface area contributed by atoms with Crippen LogP contribution in [0.4, 0.5) is 0 Å². The van der Waals surface area contributed by atoms with Crippen LogP contribution >= 0.6 is 0 Å². The molecule has 4 heterocycles. The van der Waals surface area contributed by atoms with Gasteiger partial charge in [-0.3, -0.25) is 14.6 Å². The van der Waals surface area contributed by atoms with Gasteiger partial charge in [-0.05, 0) is 24.3 Å². The summed E-state index contributed by atoms with van der Waals surface area (Å²) in [6.45, 7) is 8.44. The monoisotopic (exact) mass is 395 g/mol. The Morgan fingerprint density at radius 2 is 2.00 bits per heavy atom. The van der Waals surface area contributed by atoms with Crippen molar-refractivity contribution < 1.29 is 4.79 Å². The second kappa shape index (κ2) is 7.71. The van der Waals surface area contributed by atoms with E-state index in [9.17, 15) is 9.59 Å². The first-order valence-corrected chi connectivity index (χ1v) is 10.3. The third kappa shape index (κ3) is 3.96. The second-order valence-electron chi connectivity index (χ2n) is 9.02. The number of rotatable bonds is 4. The third-order valence-electron chi connectivity index (χ3n) is 5.81. The van der Waals surface area contributed by atoms with E-state index in [0.717, 1.165) is 43.9 Å². The zero-order valence-corrected chi connectivity index (χ0v) is 17.6. The average Bonchev–Trinajstić information content (AvgIpc) is 2.67. The highest BCUT2D eigenvalue weighted by Gasteiger charge is 2.35. The number of aromatic nitrogens is 3. The molecule has 7 heteroatoms. The van der Waals surface area contributed by atoms with E-state index in [0.29, 0.717) is 23.4 Å². The number of hydrogen-bond donors (Lipinski definition) is 0. The van der Waals surface area contributed by atoms with Gasteiger partial charge in [-0.25, -0.2) is 4.98 Å². The van der Waals surface area contributed by atoms with Gasteiger partial charge in [-0.15, -0.1) is 0 Å². The predicted molar refractivity (Wildman–Crippen MR) is 112 cm³/mol. The van der Waals surface area contributed by atoms with Gasteiger partial charge in [-0.1, -0.05) is 13.8 Å². The Bertz CT molecular complexity index is 981. The van der Waals surface area contributed by atoms with Crippen molar-refractivity contribution in [1.29, 1.82) is 0 Å². The lowest BCUT2D eigenvalue weighted by Gasteiger charge is -2.43. The number of hydrogen-bond acceptors (Lipinski definition) is 5.